The Morgan fingerprint density at radius 2 is 1.41 bits per heavy atom. The van der Waals surface area contributed by atoms with Gasteiger partial charge in [-0.15, -0.1) is 0 Å². The molecule has 3 aromatic heterocycles. The normalized spacial score (nSPS) is 12.8. The summed E-state index contributed by atoms with van der Waals surface area (Å²) in [6, 6.07) is 36.2. The van der Waals surface area contributed by atoms with Crippen molar-refractivity contribution in [3.05, 3.63) is 127 Å². The van der Waals surface area contributed by atoms with Gasteiger partial charge in [0.25, 0.3) is 0 Å². The van der Waals surface area contributed by atoms with E-state index in [4.69, 9.17) is 9.40 Å². The van der Waals surface area contributed by atoms with Crippen LogP contribution in [-0.2, 0) is 6.42 Å². The summed E-state index contributed by atoms with van der Waals surface area (Å²) in [7, 11) is 0. The van der Waals surface area contributed by atoms with Crippen LogP contribution in [0.25, 0.3) is 44.8 Å². The summed E-state index contributed by atoms with van der Waals surface area (Å²) in [5, 5.41) is 2.32. The first kappa shape index (κ1) is 21.9. The van der Waals surface area contributed by atoms with E-state index in [1.807, 2.05) is 12.1 Å². The lowest BCUT2D eigenvalue weighted by Crippen LogP contribution is -2.09. The molecule has 5 nitrogen and oxygen atoms in total. The Labute approximate surface area is 225 Å². The summed E-state index contributed by atoms with van der Waals surface area (Å²) in [6.45, 7) is 0. The van der Waals surface area contributed by atoms with Gasteiger partial charge in [-0.1, -0.05) is 60.7 Å². The van der Waals surface area contributed by atoms with Gasteiger partial charge >= 0.3 is 0 Å². The molecule has 0 radical (unpaired) electrons. The maximum atomic E-state index is 6.38. The Bertz CT molecular complexity index is 1980. The molecule has 8 rings (SSSR count). The number of aryl methyl sites for hydroxylation is 1. The van der Waals surface area contributed by atoms with Crippen molar-refractivity contribution in [1.29, 1.82) is 0 Å². The molecule has 0 unspecified atom stereocenters. The zero-order chi connectivity index (χ0) is 25.8. The monoisotopic (exact) mass is 504 g/mol. The lowest BCUT2D eigenvalue weighted by Gasteiger charge is -2.25. The van der Waals surface area contributed by atoms with E-state index < -0.39 is 0 Å². The van der Waals surface area contributed by atoms with Crippen molar-refractivity contribution in [2.75, 3.05) is 4.90 Å². The summed E-state index contributed by atoms with van der Waals surface area (Å²) < 4.78 is 8.59. The molecule has 0 atom stereocenters. The number of benzene rings is 4. The molecule has 0 fully saturated rings. The van der Waals surface area contributed by atoms with Crippen LogP contribution in [0.15, 0.2) is 120 Å². The predicted molar refractivity (Wildman–Crippen MR) is 158 cm³/mol. The molecule has 0 aliphatic heterocycles. The summed E-state index contributed by atoms with van der Waals surface area (Å²) in [5.74, 6) is 1.66. The van der Waals surface area contributed by atoms with Crippen LogP contribution in [0.4, 0.5) is 17.1 Å². The molecular formula is C34H24N4O. The van der Waals surface area contributed by atoms with Gasteiger partial charge in [0.15, 0.2) is 11.4 Å². The first-order chi connectivity index (χ1) is 19.4. The number of furan rings is 1. The van der Waals surface area contributed by atoms with Crippen molar-refractivity contribution < 1.29 is 4.42 Å². The molecule has 3 heterocycles. The van der Waals surface area contributed by atoms with Crippen LogP contribution in [0.1, 0.15) is 17.7 Å². The minimum Gasteiger partial charge on any atom is -0.451 e. The third-order valence-corrected chi connectivity index (χ3v) is 7.57. The number of anilines is 3. The SMILES string of the molecule is C1=Cc2oc3c(-n4c5ccccc5c5cc(N(c6ccccc6)c6ccccc6)ccc54)ncnc3c2CC1. The summed E-state index contributed by atoms with van der Waals surface area (Å²) >= 11 is 0. The van der Waals surface area contributed by atoms with Crippen molar-refractivity contribution >= 4 is 56.0 Å². The number of para-hydroxylation sites is 3. The number of rotatable bonds is 4. The zero-order valence-electron chi connectivity index (χ0n) is 21.2. The van der Waals surface area contributed by atoms with Crippen LogP contribution in [-0.4, -0.2) is 14.5 Å². The van der Waals surface area contributed by atoms with E-state index in [9.17, 15) is 0 Å². The number of allylic oxidation sites excluding steroid dienone is 1. The number of aromatic nitrogens is 3. The van der Waals surface area contributed by atoms with Gasteiger partial charge in [0.1, 0.15) is 17.6 Å². The van der Waals surface area contributed by atoms with Gasteiger partial charge in [0, 0.05) is 33.4 Å². The fraction of sp³-hybridized carbons (Fsp3) is 0.0588. The molecule has 0 bridgehead atoms. The molecule has 39 heavy (non-hydrogen) atoms. The Morgan fingerprint density at radius 3 is 2.21 bits per heavy atom. The standard InChI is InChI=1S/C34H24N4O/c1-3-11-23(12-4-1)37(24-13-5-2-6-14-24)25-19-20-30-28(21-25)26-15-7-9-17-29(26)38(30)34-33-32(35-22-36-34)27-16-8-10-18-31(27)39-33/h1-7,9-15,17-22H,8,16H2. The highest BCUT2D eigenvalue weighted by Crippen LogP contribution is 2.40. The Hall–Kier alpha value is -5.16. The first-order valence-corrected chi connectivity index (χ1v) is 13.2. The third-order valence-electron chi connectivity index (χ3n) is 7.57. The largest absolute Gasteiger partial charge is 0.451 e. The zero-order valence-corrected chi connectivity index (χ0v) is 21.2. The third kappa shape index (κ3) is 3.40. The van der Waals surface area contributed by atoms with Gasteiger partial charge in [-0.2, -0.15) is 0 Å². The van der Waals surface area contributed by atoms with Crippen molar-refractivity contribution in [2.24, 2.45) is 0 Å². The molecule has 5 heteroatoms. The summed E-state index contributed by atoms with van der Waals surface area (Å²) in [6.07, 6.45) is 7.81. The minimum atomic E-state index is 0.732. The lowest BCUT2D eigenvalue weighted by atomic mass is 10.0. The fourth-order valence-electron chi connectivity index (χ4n) is 5.84. The van der Waals surface area contributed by atoms with E-state index in [0.717, 1.165) is 69.0 Å². The van der Waals surface area contributed by atoms with Crippen molar-refractivity contribution in [3.8, 4) is 5.82 Å². The minimum absolute atomic E-state index is 0.732. The van der Waals surface area contributed by atoms with Crippen LogP contribution in [0.5, 0.6) is 0 Å². The van der Waals surface area contributed by atoms with Gasteiger partial charge in [-0.3, -0.25) is 4.57 Å². The van der Waals surface area contributed by atoms with Gasteiger partial charge in [-0.05, 0) is 67.4 Å². The van der Waals surface area contributed by atoms with E-state index in [2.05, 4.69) is 118 Å². The Morgan fingerprint density at radius 1 is 0.692 bits per heavy atom. The summed E-state index contributed by atoms with van der Waals surface area (Å²) in [5.41, 5.74) is 8.27. The van der Waals surface area contributed by atoms with Gasteiger partial charge < -0.3 is 9.32 Å². The van der Waals surface area contributed by atoms with E-state index >= 15 is 0 Å². The molecule has 1 aliphatic rings. The highest BCUT2D eigenvalue weighted by atomic mass is 16.3. The van der Waals surface area contributed by atoms with Crippen LogP contribution >= 0.6 is 0 Å². The fourth-order valence-corrected chi connectivity index (χ4v) is 5.84. The molecule has 1 aliphatic carbocycles. The number of hydrogen-bond acceptors (Lipinski definition) is 4. The smallest absolute Gasteiger partial charge is 0.196 e. The lowest BCUT2D eigenvalue weighted by molar-refractivity contribution is 0.591. The molecule has 0 amide bonds. The number of hydrogen-bond donors (Lipinski definition) is 0. The molecule has 7 aromatic rings. The van der Waals surface area contributed by atoms with Crippen LogP contribution < -0.4 is 4.90 Å². The highest BCUT2D eigenvalue weighted by molar-refractivity contribution is 6.11. The molecule has 0 spiro atoms. The van der Waals surface area contributed by atoms with E-state index in [1.165, 1.54) is 10.9 Å². The second-order valence-electron chi connectivity index (χ2n) is 9.82. The molecule has 0 saturated carbocycles. The molecular weight excluding hydrogens is 480 g/mol. The van der Waals surface area contributed by atoms with Crippen molar-refractivity contribution in [3.63, 3.8) is 0 Å². The van der Waals surface area contributed by atoms with Crippen molar-refractivity contribution in [1.82, 2.24) is 14.5 Å². The molecule has 186 valence electrons. The second kappa shape index (κ2) is 8.71. The maximum Gasteiger partial charge on any atom is 0.196 e. The topological polar surface area (TPSA) is 47.1 Å². The average Bonchev–Trinajstić information content (AvgIpc) is 3.54. The van der Waals surface area contributed by atoms with Crippen LogP contribution in [0.2, 0.25) is 0 Å². The highest BCUT2D eigenvalue weighted by Gasteiger charge is 2.23. The second-order valence-corrected chi connectivity index (χ2v) is 9.82. The van der Waals surface area contributed by atoms with Gasteiger partial charge in [0.05, 0.1) is 11.0 Å². The van der Waals surface area contributed by atoms with Crippen LogP contribution in [0, 0.1) is 0 Å². The van der Waals surface area contributed by atoms with Gasteiger partial charge in [0.2, 0.25) is 0 Å². The van der Waals surface area contributed by atoms with E-state index in [1.54, 1.807) is 6.33 Å². The van der Waals surface area contributed by atoms with Gasteiger partial charge in [-0.25, -0.2) is 9.97 Å². The number of nitrogens with zero attached hydrogens (tertiary/aromatic N) is 4. The van der Waals surface area contributed by atoms with Crippen molar-refractivity contribution in [2.45, 2.75) is 12.8 Å². The quantitative estimate of drug-likeness (QED) is 0.240. The number of fused-ring (bicyclic) bond motifs is 6. The Balaban J connectivity index is 1.39. The average molecular weight is 505 g/mol. The molecule has 0 N–H and O–H groups in total. The Kier molecular flexibility index (Phi) is 4.88. The van der Waals surface area contributed by atoms with Crippen LogP contribution in [0.3, 0.4) is 0 Å². The van der Waals surface area contributed by atoms with E-state index in [-0.39, 0.29) is 0 Å². The predicted octanol–water partition coefficient (Wildman–Crippen LogP) is 8.75. The summed E-state index contributed by atoms with van der Waals surface area (Å²) in [4.78, 5) is 11.7. The first-order valence-electron chi connectivity index (χ1n) is 13.2. The van der Waals surface area contributed by atoms with E-state index in [0.29, 0.717) is 0 Å². The maximum absolute atomic E-state index is 6.38. The molecule has 4 aromatic carbocycles. The molecule has 0 saturated heterocycles.